The highest BCUT2D eigenvalue weighted by Crippen LogP contribution is 2.25. The topological polar surface area (TPSA) is 116 Å². The Morgan fingerprint density at radius 3 is 2.77 bits per heavy atom. The number of benzene rings is 1. The van der Waals surface area contributed by atoms with Crippen LogP contribution >= 0.6 is 11.6 Å². The first kappa shape index (κ1) is 15.7. The van der Waals surface area contributed by atoms with E-state index in [1.807, 2.05) is 0 Å². The minimum absolute atomic E-state index is 0.0850. The van der Waals surface area contributed by atoms with Gasteiger partial charge in [0.1, 0.15) is 11.6 Å². The van der Waals surface area contributed by atoms with Crippen LogP contribution in [0.1, 0.15) is 10.4 Å². The number of halogens is 1. The fourth-order valence-corrected chi connectivity index (χ4v) is 1.87. The molecule has 0 aliphatic carbocycles. The molecule has 10 heteroatoms. The van der Waals surface area contributed by atoms with E-state index in [1.54, 1.807) is 0 Å². The molecule has 2 amide bonds. The Morgan fingerprint density at radius 1 is 1.45 bits per heavy atom. The van der Waals surface area contributed by atoms with E-state index in [4.69, 9.17) is 16.3 Å². The average molecular weight is 329 g/mol. The molecule has 1 heterocycles. The maximum absolute atomic E-state index is 11.8. The van der Waals surface area contributed by atoms with Crippen LogP contribution in [0.15, 0.2) is 18.2 Å². The van der Waals surface area contributed by atoms with Crippen molar-refractivity contribution in [1.82, 2.24) is 4.90 Å². The first-order valence-corrected chi connectivity index (χ1v) is 6.36. The Balaban J connectivity index is 2.00. The number of carbonyl (C=O) groups excluding carboxylic acids is 3. The van der Waals surface area contributed by atoms with E-state index < -0.39 is 35.2 Å². The second-order valence-corrected chi connectivity index (χ2v) is 4.57. The van der Waals surface area contributed by atoms with Gasteiger partial charge in [0.2, 0.25) is 0 Å². The predicted octanol–water partition coefficient (Wildman–Crippen LogP) is 1.38. The van der Waals surface area contributed by atoms with Gasteiger partial charge in [-0.05, 0) is 12.1 Å². The van der Waals surface area contributed by atoms with Crippen LogP contribution in [0, 0.1) is 10.1 Å². The highest BCUT2D eigenvalue weighted by atomic mass is 35.5. The zero-order valence-corrected chi connectivity index (χ0v) is 11.7. The molecule has 0 atom stereocenters. The van der Waals surface area contributed by atoms with Gasteiger partial charge in [0.25, 0.3) is 11.6 Å². The van der Waals surface area contributed by atoms with E-state index in [1.165, 1.54) is 12.1 Å². The lowest BCUT2D eigenvalue weighted by Crippen LogP contribution is -2.35. The number of ether oxygens (including phenoxy) is 2. The van der Waals surface area contributed by atoms with Crippen molar-refractivity contribution in [1.29, 1.82) is 0 Å². The van der Waals surface area contributed by atoms with Crippen molar-refractivity contribution in [2.45, 2.75) is 0 Å². The molecule has 2 rings (SSSR count). The molecule has 0 unspecified atom stereocenters. The molecule has 1 aromatic rings. The zero-order valence-electron chi connectivity index (χ0n) is 11.0. The lowest BCUT2D eigenvalue weighted by atomic mass is 10.2. The molecule has 0 radical (unpaired) electrons. The second-order valence-electron chi connectivity index (χ2n) is 4.16. The molecular weight excluding hydrogens is 320 g/mol. The van der Waals surface area contributed by atoms with Gasteiger partial charge in [-0.15, -0.1) is 0 Å². The highest BCUT2D eigenvalue weighted by molar-refractivity contribution is 6.32. The van der Waals surface area contributed by atoms with Gasteiger partial charge in [0.15, 0.2) is 6.61 Å². The van der Waals surface area contributed by atoms with Gasteiger partial charge >= 0.3 is 12.1 Å². The molecule has 1 aliphatic rings. The third kappa shape index (κ3) is 3.31. The van der Waals surface area contributed by atoms with Gasteiger partial charge in [-0.1, -0.05) is 11.6 Å². The molecular formula is C12H9ClN2O7. The zero-order chi connectivity index (χ0) is 16.3. The summed E-state index contributed by atoms with van der Waals surface area (Å²) in [6.07, 6.45) is -0.803. The Labute approximate surface area is 128 Å². The van der Waals surface area contributed by atoms with Crippen molar-refractivity contribution in [3.05, 3.63) is 38.9 Å². The summed E-state index contributed by atoms with van der Waals surface area (Å²) < 4.78 is 9.29. The van der Waals surface area contributed by atoms with E-state index in [0.29, 0.717) is 0 Å². The van der Waals surface area contributed by atoms with Crippen LogP contribution in [0.4, 0.5) is 10.5 Å². The molecule has 0 aromatic heterocycles. The van der Waals surface area contributed by atoms with Crippen LogP contribution in [0.5, 0.6) is 0 Å². The Kier molecular flexibility index (Phi) is 4.56. The molecule has 0 saturated carbocycles. The summed E-state index contributed by atoms with van der Waals surface area (Å²) in [5.41, 5.74) is -0.585. The van der Waals surface area contributed by atoms with Crippen molar-refractivity contribution >= 4 is 35.3 Å². The molecule has 22 heavy (non-hydrogen) atoms. The maximum atomic E-state index is 11.8. The smallest absolute Gasteiger partial charge is 0.416 e. The van der Waals surface area contributed by atoms with Crippen LogP contribution < -0.4 is 0 Å². The van der Waals surface area contributed by atoms with Crippen molar-refractivity contribution in [3.8, 4) is 0 Å². The van der Waals surface area contributed by atoms with Gasteiger partial charge < -0.3 is 9.47 Å². The SMILES string of the molecule is O=C(OCC(=O)N1CCOC1=O)c1ccc(Cl)c([N+](=O)[O-])c1. The molecule has 116 valence electrons. The summed E-state index contributed by atoms with van der Waals surface area (Å²) in [6, 6.07) is 3.35. The number of imide groups is 1. The summed E-state index contributed by atoms with van der Waals surface area (Å²) >= 11 is 5.62. The minimum Gasteiger partial charge on any atom is -0.452 e. The summed E-state index contributed by atoms with van der Waals surface area (Å²) in [5.74, 6) is -1.68. The van der Waals surface area contributed by atoms with Crippen LogP contribution in [0.25, 0.3) is 0 Å². The molecule has 1 fully saturated rings. The summed E-state index contributed by atoms with van der Waals surface area (Å²) in [5, 5.41) is 10.6. The van der Waals surface area contributed by atoms with Gasteiger partial charge in [0.05, 0.1) is 17.0 Å². The molecule has 1 saturated heterocycles. The number of cyclic esters (lactones) is 1. The monoisotopic (exact) mass is 328 g/mol. The largest absolute Gasteiger partial charge is 0.452 e. The van der Waals surface area contributed by atoms with Gasteiger partial charge in [-0.3, -0.25) is 14.9 Å². The Hall–Kier alpha value is -2.68. The minimum atomic E-state index is -0.944. The number of carbonyl (C=O) groups is 3. The average Bonchev–Trinajstić information content (AvgIpc) is 2.90. The normalized spacial score (nSPS) is 13.7. The first-order chi connectivity index (χ1) is 10.4. The third-order valence-corrected chi connectivity index (χ3v) is 3.09. The number of amides is 2. The maximum Gasteiger partial charge on any atom is 0.416 e. The van der Waals surface area contributed by atoms with Crippen molar-refractivity contribution in [3.63, 3.8) is 0 Å². The number of nitro groups is 1. The molecule has 0 spiro atoms. The van der Waals surface area contributed by atoms with E-state index >= 15 is 0 Å². The number of nitrogens with zero attached hydrogens (tertiary/aromatic N) is 2. The molecule has 0 N–H and O–H groups in total. The lowest BCUT2D eigenvalue weighted by Gasteiger charge is -2.10. The summed E-state index contributed by atoms with van der Waals surface area (Å²) in [6.45, 7) is -0.506. The van der Waals surface area contributed by atoms with Crippen LogP contribution in [0.3, 0.4) is 0 Å². The summed E-state index contributed by atoms with van der Waals surface area (Å²) in [4.78, 5) is 45.3. The summed E-state index contributed by atoms with van der Waals surface area (Å²) in [7, 11) is 0. The van der Waals surface area contributed by atoms with Crippen molar-refractivity contribution < 1.29 is 28.8 Å². The number of nitro benzene ring substituents is 1. The van der Waals surface area contributed by atoms with Crippen molar-refractivity contribution in [2.75, 3.05) is 19.8 Å². The predicted molar refractivity (Wildman–Crippen MR) is 71.4 cm³/mol. The van der Waals surface area contributed by atoms with Gasteiger partial charge in [-0.2, -0.15) is 0 Å². The number of esters is 1. The highest BCUT2D eigenvalue weighted by Gasteiger charge is 2.29. The number of hydrogen-bond acceptors (Lipinski definition) is 7. The van der Waals surface area contributed by atoms with Crippen molar-refractivity contribution in [2.24, 2.45) is 0 Å². The van der Waals surface area contributed by atoms with Crippen LogP contribution in [0.2, 0.25) is 5.02 Å². The molecule has 0 bridgehead atoms. The first-order valence-electron chi connectivity index (χ1n) is 5.98. The Morgan fingerprint density at radius 2 is 2.18 bits per heavy atom. The number of rotatable bonds is 4. The molecule has 1 aliphatic heterocycles. The van der Waals surface area contributed by atoms with Gasteiger partial charge in [0, 0.05) is 6.07 Å². The third-order valence-electron chi connectivity index (χ3n) is 2.77. The Bertz CT molecular complexity index is 661. The van der Waals surface area contributed by atoms with Crippen LogP contribution in [-0.4, -0.2) is 47.6 Å². The standard InChI is InChI=1S/C12H9ClN2O7/c13-8-2-1-7(5-9(8)15(19)20)11(17)22-6-10(16)14-3-4-21-12(14)18/h1-2,5H,3-4,6H2. The molecule has 9 nitrogen and oxygen atoms in total. The fourth-order valence-electron chi connectivity index (χ4n) is 1.69. The van der Waals surface area contributed by atoms with Gasteiger partial charge in [-0.25, -0.2) is 14.5 Å². The lowest BCUT2D eigenvalue weighted by molar-refractivity contribution is -0.384. The molecule has 1 aromatic carbocycles. The van der Waals surface area contributed by atoms with E-state index in [-0.39, 0.29) is 23.7 Å². The van der Waals surface area contributed by atoms with E-state index in [0.717, 1.165) is 11.0 Å². The number of hydrogen-bond donors (Lipinski definition) is 0. The quantitative estimate of drug-likeness (QED) is 0.465. The van der Waals surface area contributed by atoms with E-state index in [2.05, 4.69) is 4.74 Å². The van der Waals surface area contributed by atoms with Crippen LogP contribution in [-0.2, 0) is 14.3 Å². The van der Waals surface area contributed by atoms with E-state index in [9.17, 15) is 24.5 Å². The fraction of sp³-hybridized carbons (Fsp3) is 0.250. The second kappa shape index (κ2) is 6.39.